The summed E-state index contributed by atoms with van der Waals surface area (Å²) in [6.45, 7) is 0.391. The van der Waals surface area contributed by atoms with Gasteiger partial charge in [0.25, 0.3) is 0 Å². The number of aliphatic hydroxyl groups is 1. The van der Waals surface area contributed by atoms with Crippen LogP contribution in [0.2, 0.25) is 0 Å². The summed E-state index contributed by atoms with van der Waals surface area (Å²) < 4.78 is 27.3. The lowest BCUT2D eigenvalue weighted by Gasteiger charge is -2.17. The summed E-state index contributed by atoms with van der Waals surface area (Å²) in [6, 6.07) is 5.46. The summed E-state index contributed by atoms with van der Waals surface area (Å²) in [5, 5.41) is 9.25. The Morgan fingerprint density at radius 2 is 1.85 bits per heavy atom. The SMILES string of the molecule is O=S(=O)(NCC1(CO)CC1)c1ccc2c(c1)CCCC2. The maximum atomic E-state index is 12.3. The van der Waals surface area contributed by atoms with Gasteiger partial charge < -0.3 is 5.11 Å². The maximum absolute atomic E-state index is 12.3. The van der Waals surface area contributed by atoms with Gasteiger partial charge >= 0.3 is 0 Å². The van der Waals surface area contributed by atoms with Crippen LogP contribution in [0.15, 0.2) is 23.1 Å². The highest BCUT2D eigenvalue weighted by molar-refractivity contribution is 7.89. The van der Waals surface area contributed by atoms with Gasteiger partial charge in [0.1, 0.15) is 0 Å². The van der Waals surface area contributed by atoms with E-state index in [1.807, 2.05) is 12.1 Å². The Kier molecular flexibility index (Phi) is 3.60. The van der Waals surface area contributed by atoms with E-state index in [-0.39, 0.29) is 12.0 Å². The largest absolute Gasteiger partial charge is 0.396 e. The number of fused-ring (bicyclic) bond motifs is 1. The molecular formula is C15H21NO3S. The summed E-state index contributed by atoms with van der Waals surface area (Å²) in [5.41, 5.74) is 2.24. The molecule has 110 valence electrons. The first-order valence-electron chi connectivity index (χ1n) is 7.27. The third-order valence-electron chi connectivity index (χ3n) is 4.56. The second-order valence-corrected chi connectivity index (χ2v) is 7.89. The van der Waals surface area contributed by atoms with Gasteiger partial charge in [0.15, 0.2) is 0 Å². The van der Waals surface area contributed by atoms with Crippen LogP contribution in [-0.2, 0) is 22.9 Å². The van der Waals surface area contributed by atoms with Gasteiger partial charge in [0.05, 0.1) is 4.90 Å². The van der Waals surface area contributed by atoms with E-state index in [0.717, 1.165) is 32.1 Å². The third kappa shape index (κ3) is 2.75. The van der Waals surface area contributed by atoms with Gasteiger partial charge in [-0.05, 0) is 61.8 Å². The molecule has 0 unspecified atom stereocenters. The van der Waals surface area contributed by atoms with Crippen molar-refractivity contribution in [3.8, 4) is 0 Å². The van der Waals surface area contributed by atoms with Crippen molar-refractivity contribution < 1.29 is 13.5 Å². The molecule has 0 radical (unpaired) electrons. The first-order valence-corrected chi connectivity index (χ1v) is 8.75. The van der Waals surface area contributed by atoms with E-state index in [1.165, 1.54) is 17.5 Å². The van der Waals surface area contributed by atoms with Crippen LogP contribution in [0, 0.1) is 5.41 Å². The van der Waals surface area contributed by atoms with Gasteiger partial charge in [0, 0.05) is 18.6 Å². The fraction of sp³-hybridized carbons (Fsp3) is 0.600. The van der Waals surface area contributed by atoms with Crippen LogP contribution in [0.5, 0.6) is 0 Å². The summed E-state index contributed by atoms with van der Waals surface area (Å²) >= 11 is 0. The van der Waals surface area contributed by atoms with Crippen LogP contribution in [0.4, 0.5) is 0 Å². The molecule has 0 aliphatic heterocycles. The van der Waals surface area contributed by atoms with Crippen molar-refractivity contribution in [2.24, 2.45) is 5.41 Å². The number of aliphatic hydroxyl groups excluding tert-OH is 1. The van der Waals surface area contributed by atoms with Crippen LogP contribution in [0.1, 0.15) is 36.8 Å². The Labute approximate surface area is 120 Å². The topological polar surface area (TPSA) is 66.4 Å². The molecule has 20 heavy (non-hydrogen) atoms. The Morgan fingerprint density at radius 1 is 1.15 bits per heavy atom. The summed E-state index contributed by atoms with van der Waals surface area (Å²) in [7, 11) is -3.46. The van der Waals surface area contributed by atoms with Crippen molar-refractivity contribution in [1.29, 1.82) is 0 Å². The lowest BCUT2D eigenvalue weighted by Crippen LogP contribution is -2.32. The molecule has 0 amide bonds. The highest BCUT2D eigenvalue weighted by Gasteiger charge is 2.42. The molecule has 0 spiro atoms. The standard InChI is InChI=1S/C15H21NO3S/c17-11-15(7-8-15)10-16-20(18,19)14-6-5-12-3-1-2-4-13(12)9-14/h5-6,9,16-17H,1-4,7-8,10-11H2. The molecule has 0 heterocycles. The van der Waals surface area contributed by atoms with Crippen molar-refractivity contribution in [3.05, 3.63) is 29.3 Å². The van der Waals surface area contributed by atoms with Crippen LogP contribution in [-0.4, -0.2) is 26.7 Å². The van der Waals surface area contributed by atoms with Crippen molar-refractivity contribution in [2.75, 3.05) is 13.2 Å². The lowest BCUT2D eigenvalue weighted by atomic mass is 9.92. The van der Waals surface area contributed by atoms with Crippen molar-refractivity contribution >= 4 is 10.0 Å². The minimum absolute atomic E-state index is 0.0553. The Balaban J connectivity index is 1.77. The van der Waals surface area contributed by atoms with E-state index >= 15 is 0 Å². The highest BCUT2D eigenvalue weighted by Crippen LogP contribution is 2.44. The summed E-state index contributed by atoms with van der Waals surface area (Å²) in [6.07, 6.45) is 6.15. The molecule has 1 aromatic rings. The molecule has 3 rings (SSSR count). The van der Waals surface area contributed by atoms with E-state index in [0.29, 0.717) is 11.4 Å². The molecule has 0 bridgehead atoms. The zero-order valence-electron chi connectivity index (χ0n) is 11.6. The molecule has 2 aliphatic carbocycles. The Hall–Kier alpha value is -0.910. The smallest absolute Gasteiger partial charge is 0.240 e. The van der Waals surface area contributed by atoms with Crippen LogP contribution in [0.25, 0.3) is 0 Å². The van der Waals surface area contributed by atoms with E-state index in [4.69, 9.17) is 0 Å². The number of hydrogen-bond acceptors (Lipinski definition) is 3. The molecule has 2 N–H and O–H groups in total. The molecule has 0 saturated heterocycles. The average Bonchev–Trinajstić information content (AvgIpc) is 3.25. The first kappa shape index (κ1) is 14.0. The summed E-state index contributed by atoms with van der Waals surface area (Å²) in [5.74, 6) is 0. The Bertz CT molecular complexity index is 606. The number of aryl methyl sites for hydroxylation is 2. The molecule has 4 nitrogen and oxygen atoms in total. The van der Waals surface area contributed by atoms with Gasteiger partial charge in [0.2, 0.25) is 10.0 Å². The second-order valence-electron chi connectivity index (χ2n) is 6.12. The van der Waals surface area contributed by atoms with Crippen molar-refractivity contribution in [2.45, 2.75) is 43.4 Å². The second kappa shape index (κ2) is 5.13. The molecule has 0 atom stereocenters. The predicted octanol–water partition coefficient (Wildman–Crippen LogP) is 1.62. The zero-order valence-corrected chi connectivity index (χ0v) is 12.4. The molecule has 1 fully saturated rings. The maximum Gasteiger partial charge on any atom is 0.240 e. The minimum Gasteiger partial charge on any atom is -0.396 e. The monoisotopic (exact) mass is 295 g/mol. The van der Waals surface area contributed by atoms with Gasteiger partial charge in [-0.15, -0.1) is 0 Å². The Morgan fingerprint density at radius 3 is 2.50 bits per heavy atom. The van der Waals surface area contributed by atoms with Gasteiger partial charge in [-0.2, -0.15) is 0 Å². The highest BCUT2D eigenvalue weighted by atomic mass is 32.2. The van der Waals surface area contributed by atoms with E-state index in [2.05, 4.69) is 4.72 Å². The number of benzene rings is 1. The molecule has 2 aliphatic rings. The lowest BCUT2D eigenvalue weighted by molar-refractivity contribution is 0.213. The third-order valence-corrected chi connectivity index (χ3v) is 5.96. The quantitative estimate of drug-likeness (QED) is 0.867. The first-order chi connectivity index (χ1) is 9.55. The average molecular weight is 295 g/mol. The normalized spacial score (nSPS) is 20.4. The predicted molar refractivity (Wildman–Crippen MR) is 77.0 cm³/mol. The van der Waals surface area contributed by atoms with Gasteiger partial charge in [-0.1, -0.05) is 6.07 Å². The fourth-order valence-electron chi connectivity index (χ4n) is 2.78. The van der Waals surface area contributed by atoms with E-state index in [1.54, 1.807) is 6.07 Å². The molecule has 0 aromatic heterocycles. The van der Waals surface area contributed by atoms with Crippen molar-refractivity contribution in [3.63, 3.8) is 0 Å². The van der Waals surface area contributed by atoms with Crippen molar-refractivity contribution in [1.82, 2.24) is 4.72 Å². The molecule has 1 aromatic carbocycles. The van der Waals surface area contributed by atoms with Gasteiger partial charge in [-0.25, -0.2) is 13.1 Å². The zero-order chi connectivity index (χ0) is 14.2. The minimum atomic E-state index is -3.46. The summed E-state index contributed by atoms with van der Waals surface area (Å²) in [4.78, 5) is 0.354. The number of rotatable bonds is 5. The van der Waals surface area contributed by atoms with Crippen LogP contribution in [0.3, 0.4) is 0 Å². The van der Waals surface area contributed by atoms with Crippen LogP contribution < -0.4 is 4.72 Å². The van der Waals surface area contributed by atoms with Crippen LogP contribution >= 0.6 is 0 Å². The van der Waals surface area contributed by atoms with E-state index in [9.17, 15) is 13.5 Å². The van der Waals surface area contributed by atoms with Gasteiger partial charge in [-0.3, -0.25) is 0 Å². The fourth-order valence-corrected chi connectivity index (χ4v) is 3.98. The molecule has 5 heteroatoms. The molecule has 1 saturated carbocycles. The number of hydrogen-bond donors (Lipinski definition) is 2. The molecular weight excluding hydrogens is 274 g/mol. The number of sulfonamides is 1. The van der Waals surface area contributed by atoms with E-state index < -0.39 is 10.0 Å². The number of nitrogens with one attached hydrogen (secondary N) is 1.